The summed E-state index contributed by atoms with van der Waals surface area (Å²) in [5.41, 5.74) is 0. The molecule has 0 saturated carbocycles. The second-order valence-electron chi connectivity index (χ2n) is 6.75. The molecule has 7 heteroatoms. The van der Waals surface area contributed by atoms with Crippen molar-refractivity contribution in [2.24, 2.45) is 5.92 Å². The summed E-state index contributed by atoms with van der Waals surface area (Å²) in [5, 5.41) is 10.3. The summed E-state index contributed by atoms with van der Waals surface area (Å²) in [6, 6.07) is -0.722. The number of hydrogen-bond donors (Lipinski definition) is 1. The lowest BCUT2D eigenvalue weighted by Crippen LogP contribution is -2.62. The van der Waals surface area contributed by atoms with Crippen LogP contribution in [0.3, 0.4) is 0 Å². The highest BCUT2D eigenvalue weighted by molar-refractivity contribution is 5.88. The van der Waals surface area contributed by atoms with Crippen molar-refractivity contribution < 1.29 is 28.9 Å². The maximum Gasteiger partial charge on any atom is 0.328 e. The molecule has 2 fully saturated rings. The normalized spacial score (nSPS) is 32.0. The van der Waals surface area contributed by atoms with Gasteiger partial charge in [-0.1, -0.05) is 13.8 Å². The first-order valence-electron chi connectivity index (χ1n) is 7.58. The van der Waals surface area contributed by atoms with Gasteiger partial charge < -0.3 is 24.2 Å². The fourth-order valence-corrected chi connectivity index (χ4v) is 3.03. The van der Waals surface area contributed by atoms with Crippen LogP contribution in [0.15, 0.2) is 0 Å². The summed E-state index contributed by atoms with van der Waals surface area (Å²) in [5.74, 6) is -1.55. The molecule has 0 bridgehead atoms. The third-order valence-electron chi connectivity index (χ3n) is 3.96. The third-order valence-corrected chi connectivity index (χ3v) is 3.96. The van der Waals surface area contributed by atoms with E-state index in [1.54, 1.807) is 13.8 Å². The van der Waals surface area contributed by atoms with Gasteiger partial charge in [0, 0.05) is 0 Å². The quantitative estimate of drug-likeness (QED) is 0.751. The molecule has 2 aliphatic heterocycles. The highest BCUT2D eigenvalue weighted by Crippen LogP contribution is 2.35. The van der Waals surface area contributed by atoms with E-state index in [1.807, 2.05) is 13.8 Å². The topological polar surface area (TPSA) is 85.3 Å². The van der Waals surface area contributed by atoms with Gasteiger partial charge in [-0.15, -0.1) is 0 Å². The largest absolute Gasteiger partial charge is 0.467 e. The Morgan fingerprint density at radius 2 is 2.09 bits per heavy atom. The minimum atomic E-state index is -0.930. The van der Waals surface area contributed by atoms with E-state index in [2.05, 4.69) is 0 Å². The van der Waals surface area contributed by atoms with Crippen molar-refractivity contribution in [1.82, 2.24) is 4.90 Å². The zero-order valence-corrected chi connectivity index (χ0v) is 13.7. The molecule has 0 aromatic carbocycles. The standard InChI is InChI=1S/C15H25NO6/c1-8(2)6-9(14(19)20-5)16-7-10(17)11-12(13(16)18)22-15(3,4)21-11/h8-12,17H,6-7H2,1-5H3/t9-,10+,11+,12+/m0/s1. The maximum absolute atomic E-state index is 12.7. The van der Waals surface area contributed by atoms with Crippen molar-refractivity contribution in [1.29, 1.82) is 0 Å². The Morgan fingerprint density at radius 3 is 2.64 bits per heavy atom. The summed E-state index contributed by atoms with van der Waals surface area (Å²) in [6.07, 6.45) is -2.02. The fourth-order valence-electron chi connectivity index (χ4n) is 3.03. The summed E-state index contributed by atoms with van der Waals surface area (Å²) in [6.45, 7) is 7.35. The van der Waals surface area contributed by atoms with E-state index in [0.717, 1.165) is 0 Å². The minimum absolute atomic E-state index is 0.0337. The number of hydrogen-bond acceptors (Lipinski definition) is 6. The lowest BCUT2D eigenvalue weighted by atomic mass is 9.95. The molecule has 0 spiro atoms. The maximum atomic E-state index is 12.7. The van der Waals surface area contributed by atoms with Crippen LogP contribution in [0.25, 0.3) is 0 Å². The predicted octanol–water partition coefficient (Wildman–Crippen LogP) is 0.297. The first kappa shape index (κ1) is 17.2. The van der Waals surface area contributed by atoms with Gasteiger partial charge in [0.05, 0.1) is 13.7 Å². The van der Waals surface area contributed by atoms with Gasteiger partial charge >= 0.3 is 5.97 Å². The van der Waals surface area contributed by atoms with Gasteiger partial charge in [0.1, 0.15) is 18.2 Å². The number of rotatable bonds is 4. The smallest absolute Gasteiger partial charge is 0.328 e. The number of piperidine rings is 1. The summed E-state index contributed by atoms with van der Waals surface area (Å²) < 4.78 is 16.0. The van der Waals surface area contributed by atoms with E-state index in [4.69, 9.17) is 14.2 Å². The Morgan fingerprint density at radius 1 is 1.45 bits per heavy atom. The number of methoxy groups -OCH3 is 1. The Balaban J connectivity index is 2.23. The lowest BCUT2D eigenvalue weighted by molar-refractivity contribution is -0.167. The summed E-state index contributed by atoms with van der Waals surface area (Å²) in [4.78, 5) is 26.1. The predicted molar refractivity (Wildman–Crippen MR) is 76.8 cm³/mol. The molecular formula is C15H25NO6. The number of likely N-dealkylation sites (tertiary alicyclic amines) is 1. The zero-order chi connectivity index (χ0) is 16.7. The molecule has 126 valence electrons. The number of carbonyl (C=O) groups is 2. The molecule has 0 aromatic heterocycles. The van der Waals surface area contributed by atoms with Crippen molar-refractivity contribution >= 4 is 11.9 Å². The molecule has 0 aromatic rings. The molecule has 0 unspecified atom stereocenters. The van der Waals surface area contributed by atoms with Crippen LogP contribution in [-0.2, 0) is 23.8 Å². The number of carbonyl (C=O) groups excluding carboxylic acids is 2. The highest BCUT2D eigenvalue weighted by Gasteiger charge is 2.54. The molecule has 22 heavy (non-hydrogen) atoms. The number of ether oxygens (including phenoxy) is 3. The molecule has 1 N–H and O–H groups in total. The van der Waals surface area contributed by atoms with Gasteiger partial charge in [-0.05, 0) is 26.2 Å². The van der Waals surface area contributed by atoms with Gasteiger partial charge in [0.2, 0.25) is 0 Å². The molecular weight excluding hydrogens is 290 g/mol. The number of nitrogens with zero attached hydrogens (tertiary/aromatic N) is 1. The van der Waals surface area contributed by atoms with Crippen LogP contribution in [0.5, 0.6) is 0 Å². The van der Waals surface area contributed by atoms with Crippen LogP contribution in [0.4, 0.5) is 0 Å². The number of amides is 1. The molecule has 7 nitrogen and oxygen atoms in total. The van der Waals surface area contributed by atoms with Gasteiger partial charge in [0.15, 0.2) is 11.9 Å². The van der Waals surface area contributed by atoms with Crippen LogP contribution in [0, 0.1) is 5.92 Å². The van der Waals surface area contributed by atoms with Crippen LogP contribution >= 0.6 is 0 Å². The molecule has 0 aliphatic carbocycles. The van der Waals surface area contributed by atoms with Gasteiger partial charge in [-0.3, -0.25) is 4.79 Å². The molecule has 0 radical (unpaired) electrons. The zero-order valence-electron chi connectivity index (χ0n) is 13.7. The first-order valence-corrected chi connectivity index (χ1v) is 7.58. The fraction of sp³-hybridized carbons (Fsp3) is 0.867. The number of fused-ring (bicyclic) bond motifs is 1. The van der Waals surface area contributed by atoms with Crippen molar-refractivity contribution in [2.75, 3.05) is 13.7 Å². The Labute approximate surface area is 130 Å². The average Bonchev–Trinajstić information content (AvgIpc) is 2.76. The number of esters is 1. The van der Waals surface area contributed by atoms with E-state index in [-0.39, 0.29) is 18.4 Å². The van der Waals surface area contributed by atoms with Gasteiger partial charge in [-0.25, -0.2) is 4.79 Å². The van der Waals surface area contributed by atoms with E-state index >= 15 is 0 Å². The van der Waals surface area contributed by atoms with Crippen molar-refractivity contribution in [3.8, 4) is 0 Å². The molecule has 2 rings (SSSR count). The first-order chi connectivity index (χ1) is 10.2. The molecule has 2 aliphatic rings. The van der Waals surface area contributed by atoms with Gasteiger partial charge in [0.25, 0.3) is 5.91 Å². The second kappa shape index (κ2) is 6.14. The molecule has 2 saturated heterocycles. The third kappa shape index (κ3) is 3.26. The number of aliphatic hydroxyl groups is 1. The van der Waals surface area contributed by atoms with Crippen LogP contribution < -0.4 is 0 Å². The van der Waals surface area contributed by atoms with Crippen molar-refractivity contribution in [2.45, 2.75) is 64.3 Å². The van der Waals surface area contributed by atoms with Crippen LogP contribution in [0.2, 0.25) is 0 Å². The van der Waals surface area contributed by atoms with Crippen molar-refractivity contribution in [3.05, 3.63) is 0 Å². The van der Waals surface area contributed by atoms with Crippen LogP contribution in [-0.4, -0.2) is 65.7 Å². The highest BCUT2D eigenvalue weighted by atomic mass is 16.8. The Hall–Kier alpha value is -1.18. The minimum Gasteiger partial charge on any atom is -0.467 e. The molecule has 1 amide bonds. The SMILES string of the molecule is COC(=O)[C@H](CC(C)C)N1C[C@@H](O)[C@H]2OC(C)(C)O[C@H]2C1=O. The van der Waals surface area contributed by atoms with Gasteiger partial charge in [-0.2, -0.15) is 0 Å². The Bertz CT molecular complexity index is 449. The Kier molecular flexibility index (Phi) is 4.79. The molecule has 2 heterocycles. The number of β-amino-alcohol motifs (C(OH)–C–C–N with tert-alkyl or cyclic N) is 1. The van der Waals surface area contributed by atoms with E-state index in [9.17, 15) is 14.7 Å². The monoisotopic (exact) mass is 315 g/mol. The van der Waals surface area contributed by atoms with E-state index in [1.165, 1.54) is 12.0 Å². The lowest BCUT2D eigenvalue weighted by Gasteiger charge is -2.39. The second-order valence-corrected chi connectivity index (χ2v) is 6.75. The summed E-state index contributed by atoms with van der Waals surface area (Å²) in [7, 11) is 1.29. The number of aliphatic hydroxyl groups excluding tert-OH is 1. The van der Waals surface area contributed by atoms with Crippen LogP contribution in [0.1, 0.15) is 34.1 Å². The van der Waals surface area contributed by atoms with E-state index < -0.39 is 36.1 Å². The van der Waals surface area contributed by atoms with E-state index in [0.29, 0.717) is 6.42 Å². The molecule has 4 atom stereocenters. The van der Waals surface area contributed by atoms with Crippen molar-refractivity contribution in [3.63, 3.8) is 0 Å². The summed E-state index contributed by atoms with van der Waals surface area (Å²) >= 11 is 0. The average molecular weight is 315 g/mol.